The van der Waals surface area contributed by atoms with Crippen LogP contribution in [0.2, 0.25) is 0 Å². The molecule has 1 N–H and O–H groups in total. The Morgan fingerprint density at radius 1 is 1.53 bits per heavy atom. The standard InChI is InChI=1S/C12H11BrO2/c1-5-2-7(13)3-6-4-8-10(9(5)6)11(8)12(14)15/h2-3,8,10-11H,4H2,1H3,(H,14,15)/t8-,10+,11+/m1/s1. The summed E-state index contributed by atoms with van der Waals surface area (Å²) in [5.74, 6) is -0.0774. The van der Waals surface area contributed by atoms with Gasteiger partial charge in [0.1, 0.15) is 0 Å². The van der Waals surface area contributed by atoms with Gasteiger partial charge in [-0.05, 0) is 48.1 Å². The molecule has 1 saturated carbocycles. The van der Waals surface area contributed by atoms with Crippen molar-refractivity contribution in [2.75, 3.05) is 0 Å². The minimum atomic E-state index is -0.627. The molecule has 0 saturated heterocycles. The number of hydrogen-bond acceptors (Lipinski definition) is 1. The van der Waals surface area contributed by atoms with Crippen molar-refractivity contribution >= 4 is 21.9 Å². The van der Waals surface area contributed by atoms with E-state index in [-0.39, 0.29) is 5.92 Å². The number of carboxylic acid groups (broad SMARTS) is 1. The number of carbonyl (C=O) groups is 1. The van der Waals surface area contributed by atoms with Crippen LogP contribution in [0.1, 0.15) is 22.6 Å². The number of halogens is 1. The molecule has 1 aromatic rings. The van der Waals surface area contributed by atoms with Crippen LogP contribution in [0.25, 0.3) is 0 Å². The first-order valence-corrected chi connectivity index (χ1v) is 5.90. The molecule has 0 aliphatic heterocycles. The van der Waals surface area contributed by atoms with E-state index in [0.29, 0.717) is 11.8 Å². The van der Waals surface area contributed by atoms with Gasteiger partial charge in [0.2, 0.25) is 0 Å². The highest BCUT2D eigenvalue weighted by Gasteiger charge is 2.60. The van der Waals surface area contributed by atoms with E-state index in [1.165, 1.54) is 16.7 Å². The summed E-state index contributed by atoms with van der Waals surface area (Å²) in [4.78, 5) is 11.0. The summed E-state index contributed by atoms with van der Waals surface area (Å²) >= 11 is 3.48. The molecule has 0 heterocycles. The molecule has 78 valence electrons. The van der Waals surface area contributed by atoms with E-state index in [1.54, 1.807) is 0 Å². The van der Waals surface area contributed by atoms with Crippen LogP contribution in [0.4, 0.5) is 0 Å². The van der Waals surface area contributed by atoms with Gasteiger partial charge in [0.15, 0.2) is 0 Å². The summed E-state index contributed by atoms with van der Waals surface area (Å²) in [6.45, 7) is 2.07. The largest absolute Gasteiger partial charge is 0.481 e. The molecule has 2 aliphatic rings. The number of carboxylic acids is 1. The fourth-order valence-electron chi connectivity index (χ4n) is 3.08. The monoisotopic (exact) mass is 266 g/mol. The molecule has 0 unspecified atom stereocenters. The van der Waals surface area contributed by atoms with Crippen molar-refractivity contribution in [3.8, 4) is 0 Å². The average molecular weight is 267 g/mol. The van der Waals surface area contributed by atoms with E-state index in [2.05, 4.69) is 35.0 Å². The number of benzene rings is 1. The van der Waals surface area contributed by atoms with Crippen LogP contribution in [0, 0.1) is 18.8 Å². The predicted molar refractivity (Wildman–Crippen MR) is 59.9 cm³/mol. The van der Waals surface area contributed by atoms with E-state index < -0.39 is 5.97 Å². The lowest BCUT2D eigenvalue weighted by Gasteiger charge is -2.09. The molecule has 2 nitrogen and oxygen atoms in total. The molecule has 1 fully saturated rings. The lowest BCUT2D eigenvalue weighted by molar-refractivity contribution is -0.139. The van der Waals surface area contributed by atoms with Crippen LogP contribution in [-0.4, -0.2) is 11.1 Å². The lowest BCUT2D eigenvalue weighted by atomic mass is 9.98. The first kappa shape index (κ1) is 9.40. The summed E-state index contributed by atoms with van der Waals surface area (Å²) in [7, 11) is 0. The van der Waals surface area contributed by atoms with Gasteiger partial charge >= 0.3 is 5.97 Å². The molecule has 3 heteroatoms. The molecule has 0 amide bonds. The first-order valence-electron chi connectivity index (χ1n) is 5.11. The minimum absolute atomic E-state index is 0.114. The van der Waals surface area contributed by atoms with E-state index in [9.17, 15) is 4.79 Å². The fraction of sp³-hybridized carbons (Fsp3) is 0.417. The van der Waals surface area contributed by atoms with Crippen LogP contribution in [0.3, 0.4) is 0 Å². The van der Waals surface area contributed by atoms with Crippen molar-refractivity contribution in [3.63, 3.8) is 0 Å². The third-order valence-corrected chi connectivity index (χ3v) is 4.14. The van der Waals surface area contributed by atoms with Crippen molar-refractivity contribution in [3.05, 3.63) is 33.3 Å². The second kappa shape index (κ2) is 2.85. The quantitative estimate of drug-likeness (QED) is 0.849. The Morgan fingerprint density at radius 2 is 2.27 bits per heavy atom. The molecular formula is C12H11BrO2. The highest BCUT2D eigenvalue weighted by atomic mass is 79.9. The van der Waals surface area contributed by atoms with Gasteiger partial charge in [0.25, 0.3) is 0 Å². The third kappa shape index (κ3) is 1.19. The van der Waals surface area contributed by atoms with Gasteiger partial charge < -0.3 is 5.11 Å². The predicted octanol–water partition coefficient (Wildman–Crippen LogP) is 2.73. The zero-order chi connectivity index (χ0) is 10.7. The molecule has 3 rings (SSSR count). The van der Waals surface area contributed by atoms with Crippen molar-refractivity contribution < 1.29 is 9.90 Å². The van der Waals surface area contributed by atoms with Gasteiger partial charge in [-0.2, -0.15) is 0 Å². The molecule has 2 aliphatic carbocycles. The maximum Gasteiger partial charge on any atom is 0.307 e. The van der Waals surface area contributed by atoms with Gasteiger partial charge in [0, 0.05) is 10.4 Å². The van der Waals surface area contributed by atoms with Crippen molar-refractivity contribution in [1.82, 2.24) is 0 Å². The van der Waals surface area contributed by atoms with Crippen molar-refractivity contribution in [1.29, 1.82) is 0 Å². The fourth-order valence-corrected chi connectivity index (χ4v) is 3.70. The van der Waals surface area contributed by atoms with E-state index >= 15 is 0 Å². The Hall–Kier alpha value is -0.830. The molecule has 3 atom stereocenters. The zero-order valence-corrected chi connectivity index (χ0v) is 9.91. The van der Waals surface area contributed by atoms with Gasteiger partial charge in [-0.25, -0.2) is 0 Å². The summed E-state index contributed by atoms with van der Waals surface area (Å²) in [5.41, 5.74) is 3.88. The van der Waals surface area contributed by atoms with E-state index in [0.717, 1.165) is 10.9 Å². The van der Waals surface area contributed by atoms with Crippen LogP contribution < -0.4 is 0 Å². The molecule has 1 aromatic carbocycles. The minimum Gasteiger partial charge on any atom is -0.481 e. The van der Waals surface area contributed by atoms with E-state index in [1.807, 2.05) is 0 Å². The Morgan fingerprint density at radius 3 is 2.93 bits per heavy atom. The van der Waals surface area contributed by atoms with Crippen LogP contribution in [0.5, 0.6) is 0 Å². The second-order valence-corrected chi connectivity index (χ2v) is 5.47. The maximum absolute atomic E-state index is 11.0. The summed E-state index contributed by atoms with van der Waals surface area (Å²) in [5, 5.41) is 9.02. The second-order valence-electron chi connectivity index (χ2n) is 4.55. The topological polar surface area (TPSA) is 37.3 Å². The number of aliphatic carboxylic acids is 1. The van der Waals surface area contributed by atoms with E-state index in [4.69, 9.17) is 5.11 Å². The Bertz CT molecular complexity index is 467. The smallest absolute Gasteiger partial charge is 0.307 e. The third-order valence-electron chi connectivity index (χ3n) is 3.68. The van der Waals surface area contributed by atoms with Gasteiger partial charge in [0.05, 0.1) is 5.92 Å². The SMILES string of the molecule is Cc1cc(Br)cc2c1[C@@H]1[C@@H](C2)[C@@H]1C(=O)O. The van der Waals surface area contributed by atoms with Gasteiger partial charge in [-0.1, -0.05) is 15.9 Å². The first-order chi connectivity index (χ1) is 7.09. The number of fused-ring (bicyclic) bond motifs is 3. The Balaban J connectivity index is 2.06. The zero-order valence-electron chi connectivity index (χ0n) is 8.33. The van der Waals surface area contributed by atoms with Crippen LogP contribution >= 0.6 is 15.9 Å². The van der Waals surface area contributed by atoms with Gasteiger partial charge in [-0.15, -0.1) is 0 Å². The van der Waals surface area contributed by atoms with Crippen LogP contribution in [-0.2, 0) is 11.2 Å². The highest BCUT2D eigenvalue weighted by Crippen LogP contribution is 2.62. The number of rotatable bonds is 1. The number of aryl methyl sites for hydroxylation is 1. The molecule has 15 heavy (non-hydrogen) atoms. The molecule has 0 spiro atoms. The summed E-state index contributed by atoms with van der Waals surface area (Å²) in [6.07, 6.45) is 0.942. The highest BCUT2D eigenvalue weighted by molar-refractivity contribution is 9.10. The summed E-state index contributed by atoms with van der Waals surface area (Å²) in [6, 6.07) is 4.21. The molecular weight excluding hydrogens is 256 g/mol. The molecule has 0 bridgehead atoms. The molecule has 0 radical (unpaired) electrons. The van der Waals surface area contributed by atoms with Crippen molar-refractivity contribution in [2.24, 2.45) is 11.8 Å². The number of hydrogen-bond donors (Lipinski definition) is 1. The average Bonchev–Trinajstić information content (AvgIpc) is 2.67. The Kier molecular flexibility index (Phi) is 1.78. The van der Waals surface area contributed by atoms with Gasteiger partial charge in [-0.3, -0.25) is 4.79 Å². The van der Waals surface area contributed by atoms with Crippen LogP contribution in [0.15, 0.2) is 16.6 Å². The molecule has 0 aromatic heterocycles. The Labute approximate surface area is 96.4 Å². The van der Waals surface area contributed by atoms with Crippen molar-refractivity contribution in [2.45, 2.75) is 19.3 Å². The lowest BCUT2D eigenvalue weighted by Crippen LogP contribution is -2.05. The maximum atomic E-state index is 11.0. The normalized spacial score (nSPS) is 30.9. The summed E-state index contributed by atoms with van der Waals surface area (Å²) < 4.78 is 1.10.